The average molecular weight is 612 g/mol. The van der Waals surface area contributed by atoms with Gasteiger partial charge < -0.3 is 24.9 Å². The van der Waals surface area contributed by atoms with Gasteiger partial charge in [0.1, 0.15) is 11.5 Å². The second-order valence-electron chi connectivity index (χ2n) is 11.1. The van der Waals surface area contributed by atoms with Crippen molar-refractivity contribution >= 4 is 51.2 Å². The first-order chi connectivity index (χ1) is 23.1. The Morgan fingerprint density at radius 1 is 0.213 bits per heavy atom. The van der Waals surface area contributed by atoms with Gasteiger partial charge in [0.25, 0.3) is 0 Å². The molecule has 0 atom stereocenters. The molecule has 228 valence electrons. The largest absolute Gasteiger partial charge is 0.508 e. The van der Waals surface area contributed by atoms with Crippen LogP contribution in [0.4, 0.5) is 51.2 Å². The van der Waals surface area contributed by atoms with E-state index >= 15 is 0 Å². The predicted octanol–water partition coefficient (Wildman–Crippen LogP) is 11.5. The predicted molar refractivity (Wildman–Crippen MR) is 194 cm³/mol. The summed E-state index contributed by atoms with van der Waals surface area (Å²) >= 11 is 0. The second kappa shape index (κ2) is 13.3. The lowest BCUT2D eigenvalue weighted by Gasteiger charge is -2.29. The molecule has 7 aromatic rings. The van der Waals surface area contributed by atoms with Crippen molar-refractivity contribution in [1.82, 2.24) is 0 Å². The molecule has 2 N–H and O–H groups in total. The van der Waals surface area contributed by atoms with Gasteiger partial charge in [-0.05, 0) is 133 Å². The molecule has 0 saturated carbocycles. The van der Waals surface area contributed by atoms with Crippen LogP contribution in [0.3, 0.4) is 0 Å². The van der Waals surface area contributed by atoms with Crippen molar-refractivity contribution < 1.29 is 10.2 Å². The number of benzene rings is 7. The average Bonchev–Trinajstić information content (AvgIpc) is 3.13. The fourth-order valence-corrected chi connectivity index (χ4v) is 5.78. The van der Waals surface area contributed by atoms with Gasteiger partial charge in [-0.1, -0.05) is 54.6 Å². The van der Waals surface area contributed by atoms with Gasteiger partial charge in [0.2, 0.25) is 0 Å². The first-order valence-corrected chi connectivity index (χ1v) is 15.5. The highest BCUT2D eigenvalue weighted by Gasteiger charge is 2.17. The summed E-state index contributed by atoms with van der Waals surface area (Å²) in [5.41, 5.74) is 9.04. The van der Waals surface area contributed by atoms with Crippen molar-refractivity contribution in [2.24, 2.45) is 0 Å². The zero-order chi connectivity index (χ0) is 32.0. The third-order valence-corrected chi connectivity index (χ3v) is 7.99. The van der Waals surface area contributed by atoms with Crippen LogP contribution in [0.1, 0.15) is 0 Å². The molecule has 0 aliphatic carbocycles. The minimum atomic E-state index is 0.233. The molecule has 0 fully saturated rings. The number of nitrogens with zero attached hydrogens (tertiary/aromatic N) is 3. The van der Waals surface area contributed by atoms with Crippen LogP contribution >= 0.6 is 0 Å². The van der Waals surface area contributed by atoms with Crippen LogP contribution in [0.25, 0.3) is 0 Å². The van der Waals surface area contributed by atoms with Gasteiger partial charge in [0, 0.05) is 51.2 Å². The molecule has 0 heterocycles. The van der Waals surface area contributed by atoms with Crippen molar-refractivity contribution in [1.29, 1.82) is 0 Å². The van der Waals surface area contributed by atoms with Gasteiger partial charge in [0.15, 0.2) is 0 Å². The Balaban J connectivity index is 1.26. The normalized spacial score (nSPS) is 10.7. The Kier molecular flexibility index (Phi) is 8.26. The number of rotatable bonds is 9. The van der Waals surface area contributed by atoms with Crippen molar-refractivity contribution in [2.45, 2.75) is 0 Å². The molecule has 0 aliphatic heterocycles. The molecule has 0 aliphatic rings. The van der Waals surface area contributed by atoms with E-state index in [0.717, 1.165) is 51.2 Å². The summed E-state index contributed by atoms with van der Waals surface area (Å²) in [5.74, 6) is 0.466. The van der Waals surface area contributed by atoms with Crippen LogP contribution in [0, 0.1) is 0 Å². The maximum Gasteiger partial charge on any atom is 0.115 e. The molecule has 0 amide bonds. The van der Waals surface area contributed by atoms with Gasteiger partial charge in [-0.15, -0.1) is 0 Å². The number of phenolic OH excluding ortho intramolecular Hbond substituents is 2. The summed E-state index contributed by atoms with van der Waals surface area (Å²) in [5, 5.41) is 19.9. The molecule has 0 aromatic heterocycles. The second-order valence-corrected chi connectivity index (χ2v) is 11.1. The zero-order valence-corrected chi connectivity index (χ0v) is 25.6. The smallest absolute Gasteiger partial charge is 0.115 e. The molecule has 0 bridgehead atoms. The first kappa shape index (κ1) is 29.3. The maximum absolute atomic E-state index is 9.93. The first-order valence-electron chi connectivity index (χ1n) is 15.5. The van der Waals surface area contributed by atoms with Crippen LogP contribution in [-0.4, -0.2) is 10.2 Å². The highest BCUT2D eigenvalue weighted by Crippen LogP contribution is 2.41. The molecule has 0 radical (unpaired) electrons. The van der Waals surface area contributed by atoms with E-state index < -0.39 is 0 Å². The number of hydrogen-bond donors (Lipinski definition) is 2. The number of anilines is 9. The summed E-state index contributed by atoms with van der Waals surface area (Å²) in [6, 6.07) is 62.4. The monoisotopic (exact) mass is 611 g/mol. The van der Waals surface area contributed by atoms with Crippen LogP contribution < -0.4 is 14.7 Å². The molecule has 7 rings (SSSR count). The quantitative estimate of drug-likeness (QED) is 0.170. The zero-order valence-electron chi connectivity index (χ0n) is 25.6. The van der Waals surface area contributed by atoms with Crippen LogP contribution in [0.5, 0.6) is 11.5 Å². The molecule has 47 heavy (non-hydrogen) atoms. The van der Waals surface area contributed by atoms with E-state index in [4.69, 9.17) is 0 Å². The third kappa shape index (κ3) is 6.37. The molecule has 0 spiro atoms. The Hall–Kier alpha value is -6.46. The Bertz CT molecular complexity index is 1880. The minimum Gasteiger partial charge on any atom is -0.508 e. The van der Waals surface area contributed by atoms with Crippen LogP contribution in [-0.2, 0) is 0 Å². The molecule has 7 aromatic carbocycles. The van der Waals surface area contributed by atoms with Gasteiger partial charge in [-0.25, -0.2) is 0 Å². The van der Waals surface area contributed by atoms with E-state index in [0.29, 0.717) is 0 Å². The van der Waals surface area contributed by atoms with Crippen LogP contribution in [0.15, 0.2) is 188 Å². The maximum atomic E-state index is 9.93. The summed E-state index contributed by atoms with van der Waals surface area (Å²) in [4.78, 5) is 6.59. The SMILES string of the molecule is Oc1ccc(N(c2ccccc2)c2ccc(N(c3ccccc3)c3ccc(N(c4ccccc4)c4ccc(O)cc4)cc3)cc2)cc1. The van der Waals surface area contributed by atoms with Crippen LogP contribution in [0.2, 0.25) is 0 Å². The van der Waals surface area contributed by atoms with E-state index in [2.05, 4.69) is 112 Å². The number of aromatic hydroxyl groups is 2. The molecule has 5 nitrogen and oxygen atoms in total. The lowest BCUT2D eigenvalue weighted by Crippen LogP contribution is -2.13. The standard InChI is InChI=1S/C42H33N3O2/c46-41-28-24-39(25-29-41)44(33-12-6-2-7-13-33)37-20-16-35(17-21-37)43(32-10-4-1-5-11-32)36-18-22-38(23-19-36)45(34-14-8-3-9-15-34)40-26-30-42(47)31-27-40/h1-31,46-47H. The summed E-state index contributed by atoms with van der Waals surface area (Å²) in [6.07, 6.45) is 0. The molecule has 0 saturated heterocycles. The van der Waals surface area contributed by atoms with Crippen molar-refractivity contribution in [3.05, 3.63) is 188 Å². The van der Waals surface area contributed by atoms with E-state index in [-0.39, 0.29) is 11.5 Å². The molecule has 5 heteroatoms. The van der Waals surface area contributed by atoms with Gasteiger partial charge >= 0.3 is 0 Å². The Morgan fingerprint density at radius 2 is 0.383 bits per heavy atom. The van der Waals surface area contributed by atoms with Gasteiger partial charge in [-0.3, -0.25) is 0 Å². The minimum absolute atomic E-state index is 0.233. The molecular weight excluding hydrogens is 578 g/mol. The highest BCUT2D eigenvalue weighted by molar-refractivity contribution is 5.83. The number of phenols is 2. The van der Waals surface area contributed by atoms with E-state index in [9.17, 15) is 10.2 Å². The Labute approximate surface area is 275 Å². The Morgan fingerprint density at radius 3 is 0.596 bits per heavy atom. The highest BCUT2D eigenvalue weighted by atomic mass is 16.3. The summed E-state index contributed by atoms with van der Waals surface area (Å²) < 4.78 is 0. The van der Waals surface area contributed by atoms with E-state index in [1.807, 2.05) is 66.7 Å². The van der Waals surface area contributed by atoms with E-state index in [1.165, 1.54) is 0 Å². The van der Waals surface area contributed by atoms with Gasteiger partial charge in [-0.2, -0.15) is 0 Å². The fourth-order valence-electron chi connectivity index (χ4n) is 5.78. The van der Waals surface area contributed by atoms with E-state index in [1.54, 1.807) is 24.3 Å². The van der Waals surface area contributed by atoms with Crippen molar-refractivity contribution in [3.63, 3.8) is 0 Å². The summed E-state index contributed by atoms with van der Waals surface area (Å²) in [7, 11) is 0. The van der Waals surface area contributed by atoms with Gasteiger partial charge in [0.05, 0.1) is 0 Å². The fraction of sp³-hybridized carbons (Fsp3) is 0. The summed E-state index contributed by atoms with van der Waals surface area (Å²) in [6.45, 7) is 0. The third-order valence-electron chi connectivity index (χ3n) is 7.99. The number of para-hydroxylation sites is 3. The molecule has 0 unspecified atom stereocenters. The molecular formula is C42H33N3O2. The topological polar surface area (TPSA) is 50.2 Å². The lowest BCUT2D eigenvalue weighted by atomic mass is 10.1. The number of hydrogen-bond acceptors (Lipinski definition) is 5. The lowest BCUT2D eigenvalue weighted by molar-refractivity contribution is 0.475. The van der Waals surface area contributed by atoms with Crippen molar-refractivity contribution in [2.75, 3.05) is 14.7 Å². The van der Waals surface area contributed by atoms with Crippen molar-refractivity contribution in [3.8, 4) is 11.5 Å².